The molecule has 0 saturated carbocycles. The predicted molar refractivity (Wildman–Crippen MR) is 80.3 cm³/mol. The van der Waals surface area contributed by atoms with Crippen molar-refractivity contribution in [3.8, 4) is 5.75 Å². The minimum atomic E-state index is -0.554. The molecule has 2 heterocycles. The average Bonchev–Trinajstić information content (AvgIpc) is 2.53. The number of aliphatic imine (C=N–C) groups is 2. The number of aromatic hydroxyl groups is 1. The van der Waals surface area contributed by atoms with Gasteiger partial charge in [-0.2, -0.15) is 0 Å². The largest absolute Gasteiger partial charge is 0.505 e. The molecule has 0 spiro atoms. The summed E-state index contributed by atoms with van der Waals surface area (Å²) in [6.07, 6.45) is 2.54. The lowest BCUT2D eigenvalue weighted by atomic mass is 10.1. The molecule has 3 rings (SSSR count). The summed E-state index contributed by atoms with van der Waals surface area (Å²) in [6.45, 7) is 4.96. The molecule has 0 aliphatic carbocycles. The van der Waals surface area contributed by atoms with Crippen LogP contribution in [0, 0.1) is 5.82 Å². The molecule has 112 valence electrons. The van der Waals surface area contributed by atoms with E-state index in [1.165, 1.54) is 6.07 Å². The Labute approximate surface area is 123 Å². The van der Waals surface area contributed by atoms with Gasteiger partial charge in [-0.25, -0.2) is 9.38 Å². The van der Waals surface area contributed by atoms with Crippen LogP contribution in [0.2, 0.25) is 0 Å². The first kappa shape index (κ1) is 14.0. The summed E-state index contributed by atoms with van der Waals surface area (Å²) < 4.78 is 13.3. The molecule has 0 unspecified atom stereocenters. The molecule has 5 nitrogen and oxygen atoms in total. The second-order valence-electron chi connectivity index (χ2n) is 5.33. The van der Waals surface area contributed by atoms with Gasteiger partial charge in [0.25, 0.3) is 0 Å². The van der Waals surface area contributed by atoms with Crippen LogP contribution in [-0.4, -0.2) is 59.8 Å². The van der Waals surface area contributed by atoms with Gasteiger partial charge in [0.15, 0.2) is 11.6 Å². The summed E-state index contributed by atoms with van der Waals surface area (Å²) in [4.78, 5) is 12.9. The van der Waals surface area contributed by atoms with E-state index in [1.54, 1.807) is 18.5 Å². The highest BCUT2D eigenvalue weighted by Gasteiger charge is 2.21. The van der Waals surface area contributed by atoms with Gasteiger partial charge >= 0.3 is 0 Å². The second kappa shape index (κ2) is 6.22. The van der Waals surface area contributed by atoms with E-state index >= 15 is 0 Å². The van der Waals surface area contributed by atoms with E-state index in [9.17, 15) is 9.50 Å². The third-order valence-electron chi connectivity index (χ3n) is 3.95. The number of hydrogen-bond acceptors (Lipinski definition) is 5. The molecule has 1 N–H and O–H groups in total. The molecule has 0 radical (unpaired) electrons. The van der Waals surface area contributed by atoms with Gasteiger partial charge in [0.2, 0.25) is 0 Å². The lowest BCUT2D eigenvalue weighted by molar-refractivity contribution is 0.172. The number of halogens is 1. The molecule has 1 aromatic rings. The molecular formula is C15H19FN4O. The number of hydrogen-bond donors (Lipinski definition) is 1. The fraction of sp³-hybridized carbons (Fsp3) is 0.467. The lowest BCUT2D eigenvalue weighted by Gasteiger charge is -2.36. The summed E-state index contributed by atoms with van der Waals surface area (Å²) in [5, 5.41) is 9.74. The van der Waals surface area contributed by atoms with Crippen LogP contribution in [0.5, 0.6) is 5.75 Å². The van der Waals surface area contributed by atoms with E-state index in [4.69, 9.17) is 0 Å². The molecule has 0 aromatic heterocycles. The van der Waals surface area contributed by atoms with Crippen molar-refractivity contribution in [3.05, 3.63) is 29.6 Å². The Morgan fingerprint density at radius 1 is 1.19 bits per heavy atom. The van der Waals surface area contributed by atoms with Crippen molar-refractivity contribution in [2.24, 2.45) is 9.98 Å². The molecule has 2 aliphatic heterocycles. The molecule has 6 heteroatoms. The Morgan fingerprint density at radius 3 is 2.71 bits per heavy atom. The molecule has 0 amide bonds. The summed E-state index contributed by atoms with van der Waals surface area (Å²) in [6, 6.07) is 4.68. The zero-order valence-corrected chi connectivity index (χ0v) is 11.9. The van der Waals surface area contributed by atoms with Crippen LogP contribution in [0.15, 0.2) is 28.2 Å². The third-order valence-corrected chi connectivity index (χ3v) is 3.95. The maximum atomic E-state index is 13.3. The van der Waals surface area contributed by atoms with Crippen LogP contribution in [-0.2, 0) is 6.54 Å². The summed E-state index contributed by atoms with van der Waals surface area (Å²) in [5.74, 6) is 0.327. The van der Waals surface area contributed by atoms with Crippen molar-refractivity contribution in [1.82, 2.24) is 9.80 Å². The number of piperazine rings is 1. The number of benzene rings is 1. The van der Waals surface area contributed by atoms with Crippen molar-refractivity contribution in [2.75, 3.05) is 32.7 Å². The van der Waals surface area contributed by atoms with Crippen LogP contribution in [0.4, 0.5) is 4.39 Å². The highest BCUT2D eigenvalue weighted by atomic mass is 19.1. The van der Waals surface area contributed by atoms with Gasteiger partial charge in [0, 0.05) is 51.3 Å². The SMILES string of the molecule is Oc1c(F)cccc1CN1CCN(C2=NC=NCC2)CC1. The van der Waals surface area contributed by atoms with E-state index in [2.05, 4.69) is 19.8 Å². The van der Waals surface area contributed by atoms with Crippen LogP contribution < -0.4 is 0 Å². The van der Waals surface area contributed by atoms with Crippen molar-refractivity contribution in [2.45, 2.75) is 13.0 Å². The first-order valence-corrected chi connectivity index (χ1v) is 7.22. The fourth-order valence-electron chi connectivity index (χ4n) is 2.73. The van der Waals surface area contributed by atoms with Crippen molar-refractivity contribution in [1.29, 1.82) is 0 Å². The number of para-hydroxylation sites is 1. The standard InChI is InChI=1S/C15H19FN4O/c16-13-3-1-2-12(15(13)21)10-19-6-8-20(9-7-19)14-4-5-17-11-18-14/h1-3,11,21H,4-10H2. The van der Waals surface area contributed by atoms with Crippen LogP contribution in [0.1, 0.15) is 12.0 Å². The Hall–Kier alpha value is -1.95. The number of phenolic OH excluding ortho intramolecular Hbond substituents is 1. The van der Waals surface area contributed by atoms with Gasteiger partial charge in [-0.15, -0.1) is 0 Å². The Kier molecular flexibility index (Phi) is 4.15. The van der Waals surface area contributed by atoms with E-state index in [0.717, 1.165) is 45.0 Å². The van der Waals surface area contributed by atoms with E-state index in [-0.39, 0.29) is 5.75 Å². The maximum absolute atomic E-state index is 13.3. The first-order valence-electron chi connectivity index (χ1n) is 7.22. The zero-order valence-electron chi connectivity index (χ0n) is 11.9. The van der Waals surface area contributed by atoms with Gasteiger partial charge in [-0.1, -0.05) is 12.1 Å². The molecule has 1 aromatic carbocycles. The summed E-state index contributed by atoms with van der Waals surface area (Å²) >= 11 is 0. The monoisotopic (exact) mass is 290 g/mol. The Bertz CT molecular complexity index is 565. The van der Waals surface area contributed by atoms with E-state index < -0.39 is 5.82 Å². The predicted octanol–water partition coefficient (Wildman–Crippen LogP) is 1.48. The Balaban J connectivity index is 1.57. The quantitative estimate of drug-likeness (QED) is 0.897. The zero-order chi connectivity index (χ0) is 14.7. The highest BCUT2D eigenvalue weighted by Crippen LogP contribution is 2.22. The van der Waals surface area contributed by atoms with Gasteiger partial charge in [0.05, 0.1) is 0 Å². The normalized spacial score (nSPS) is 19.7. The minimum absolute atomic E-state index is 0.229. The van der Waals surface area contributed by atoms with Crippen molar-refractivity contribution in [3.63, 3.8) is 0 Å². The van der Waals surface area contributed by atoms with Crippen molar-refractivity contribution < 1.29 is 9.50 Å². The molecule has 0 atom stereocenters. The number of amidine groups is 1. The maximum Gasteiger partial charge on any atom is 0.165 e. The molecule has 0 bridgehead atoms. The third kappa shape index (κ3) is 3.21. The smallest absolute Gasteiger partial charge is 0.165 e. The van der Waals surface area contributed by atoms with Crippen LogP contribution >= 0.6 is 0 Å². The van der Waals surface area contributed by atoms with Crippen LogP contribution in [0.3, 0.4) is 0 Å². The number of phenols is 1. The Morgan fingerprint density at radius 2 is 2.00 bits per heavy atom. The summed E-state index contributed by atoms with van der Waals surface area (Å²) in [5.41, 5.74) is 0.644. The van der Waals surface area contributed by atoms with E-state index in [0.29, 0.717) is 12.1 Å². The highest BCUT2D eigenvalue weighted by molar-refractivity contribution is 5.90. The minimum Gasteiger partial charge on any atom is -0.505 e. The number of nitrogens with zero attached hydrogens (tertiary/aromatic N) is 4. The molecule has 2 aliphatic rings. The molecular weight excluding hydrogens is 271 g/mol. The molecule has 1 saturated heterocycles. The molecule has 21 heavy (non-hydrogen) atoms. The average molecular weight is 290 g/mol. The van der Waals surface area contributed by atoms with Gasteiger partial charge in [-0.3, -0.25) is 9.89 Å². The lowest BCUT2D eigenvalue weighted by Crippen LogP contribution is -2.48. The van der Waals surface area contributed by atoms with Gasteiger partial charge in [-0.05, 0) is 6.07 Å². The van der Waals surface area contributed by atoms with Gasteiger partial charge < -0.3 is 10.0 Å². The van der Waals surface area contributed by atoms with E-state index in [1.807, 2.05) is 0 Å². The van der Waals surface area contributed by atoms with Crippen LogP contribution in [0.25, 0.3) is 0 Å². The summed E-state index contributed by atoms with van der Waals surface area (Å²) in [7, 11) is 0. The molecule has 1 fully saturated rings. The van der Waals surface area contributed by atoms with Crippen molar-refractivity contribution >= 4 is 12.2 Å². The fourth-order valence-corrected chi connectivity index (χ4v) is 2.73. The van der Waals surface area contributed by atoms with Gasteiger partial charge in [0.1, 0.15) is 12.2 Å². The second-order valence-corrected chi connectivity index (χ2v) is 5.33. The topological polar surface area (TPSA) is 51.4 Å². The first-order chi connectivity index (χ1) is 10.2. The number of rotatable bonds is 2.